The average molecular weight is 382 g/mol. The Kier molecular flexibility index (Phi) is 4.99. The molecule has 0 aliphatic carbocycles. The normalized spacial score (nSPS) is 20.0. The molecule has 1 saturated heterocycles. The highest BCUT2D eigenvalue weighted by atomic mass is 127. The Labute approximate surface area is 124 Å². The first-order valence-corrected chi connectivity index (χ1v) is 8.11. The predicted molar refractivity (Wildman–Crippen MR) is 82.0 cm³/mol. The first-order chi connectivity index (χ1) is 8.16. The standard InChI is InChI=1S/C12H13ClINOS/c13-10-6-8(3-4-11(10)14)12(16)15-9-2-1-5-17-7-9/h3-4,6,9H,1-2,5,7H2,(H,15,16). The largest absolute Gasteiger partial charge is 0.348 e. The molecule has 92 valence electrons. The van der Waals surface area contributed by atoms with E-state index in [1.165, 1.54) is 12.2 Å². The molecule has 1 aromatic carbocycles. The summed E-state index contributed by atoms with van der Waals surface area (Å²) in [6.45, 7) is 0. The second-order valence-electron chi connectivity index (χ2n) is 4.02. The second-order valence-corrected chi connectivity index (χ2v) is 6.74. The summed E-state index contributed by atoms with van der Waals surface area (Å²) in [5.41, 5.74) is 0.644. The number of carbonyl (C=O) groups excluding carboxylic acids is 1. The first-order valence-electron chi connectivity index (χ1n) is 5.50. The van der Waals surface area contributed by atoms with Crippen molar-refractivity contribution >= 4 is 51.9 Å². The lowest BCUT2D eigenvalue weighted by atomic mass is 10.1. The Morgan fingerprint density at radius 3 is 3.00 bits per heavy atom. The number of rotatable bonds is 2. The molecule has 1 aromatic rings. The van der Waals surface area contributed by atoms with Crippen LogP contribution in [-0.4, -0.2) is 23.5 Å². The van der Waals surface area contributed by atoms with Crippen LogP contribution in [0.25, 0.3) is 0 Å². The Balaban J connectivity index is 2.01. The molecule has 1 atom stereocenters. The molecule has 1 fully saturated rings. The molecule has 1 heterocycles. The summed E-state index contributed by atoms with van der Waals surface area (Å²) in [7, 11) is 0. The van der Waals surface area contributed by atoms with Crippen LogP contribution in [0.15, 0.2) is 18.2 Å². The predicted octanol–water partition coefficient (Wildman–Crippen LogP) is 3.57. The summed E-state index contributed by atoms with van der Waals surface area (Å²) < 4.78 is 0.967. The monoisotopic (exact) mass is 381 g/mol. The highest BCUT2D eigenvalue weighted by molar-refractivity contribution is 14.1. The average Bonchev–Trinajstić information content (AvgIpc) is 2.34. The van der Waals surface area contributed by atoms with Gasteiger partial charge in [0, 0.05) is 20.9 Å². The van der Waals surface area contributed by atoms with Crippen LogP contribution in [0, 0.1) is 3.57 Å². The van der Waals surface area contributed by atoms with E-state index in [4.69, 9.17) is 11.6 Å². The van der Waals surface area contributed by atoms with E-state index in [0.717, 1.165) is 15.7 Å². The maximum absolute atomic E-state index is 12.0. The Morgan fingerprint density at radius 1 is 1.53 bits per heavy atom. The molecule has 1 aliphatic heterocycles. The molecule has 2 rings (SSSR count). The lowest BCUT2D eigenvalue weighted by Crippen LogP contribution is -2.38. The van der Waals surface area contributed by atoms with E-state index < -0.39 is 0 Å². The van der Waals surface area contributed by atoms with Gasteiger partial charge in [0.2, 0.25) is 0 Å². The highest BCUT2D eigenvalue weighted by Crippen LogP contribution is 2.21. The summed E-state index contributed by atoms with van der Waals surface area (Å²) in [5.74, 6) is 2.21. The van der Waals surface area contributed by atoms with Gasteiger partial charge in [0.15, 0.2) is 0 Å². The smallest absolute Gasteiger partial charge is 0.251 e. The van der Waals surface area contributed by atoms with Gasteiger partial charge in [-0.3, -0.25) is 4.79 Å². The summed E-state index contributed by atoms with van der Waals surface area (Å²) in [6, 6.07) is 5.72. The third-order valence-corrected chi connectivity index (χ3v) is 5.46. The summed E-state index contributed by atoms with van der Waals surface area (Å²) in [4.78, 5) is 12.0. The van der Waals surface area contributed by atoms with Crippen LogP contribution in [0.5, 0.6) is 0 Å². The van der Waals surface area contributed by atoms with E-state index in [1.54, 1.807) is 6.07 Å². The van der Waals surface area contributed by atoms with Crippen molar-refractivity contribution in [1.82, 2.24) is 5.32 Å². The molecule has 0 aromatic heterocycles. The second kappa shape index (κ2) is 6.29. The Hall–Kier alpha value is 0.0600. The number of nitrogens with one attached hydrogen (secondary N) is 1. The van der Waals surface area contributed by atoms with Crippen molar-refractivity contribution in [2.45, 2.75) is 18.9 Å². The molecule has 1 N–H and O–H groups in total. The summed E-state index contributed by atoms with van der Waals surface area (Å²) in [6.07, 6.45) is 2.26. The molecular formula is C12H13ClINOS. The van der Waals surface area contributed by atoms with Crippen molar-refractivity contribution in [1.29, 1.82) is 0 Å². The highest BCUT2D eigenvalue weighted by Gasteiger charge is 2.17. The Bertz CT molecular complexity index is 421. The number of amides is 1. The van der Waals surface area contributed by atoms with E-state index in [-0.39, 0.29) is 5.91 Å². The number of carbonyl (C=O) groups is 1. The van der Waals surface area contributed by atoms with Crippen molar-refractivity contribution in [2.24, 2.45) is 0 Å². The van der Waals surface area contributed by atoms with Gasteiger partial charge >= 0.3 is 0 Å². The van der Waals surface area contributed by atoms with Gasteiger partial charge in [-0.15, -0.1) is 0 Å². The topological polar surface area (TPSA) is 29.1 Å². The third kappa shape index (κ3) is 3.76. The van der Waals surface area contributed by atoms with Crippen LogP contribution in [0.3, 0.4) is 0 Å². The summed E-state index contributed by atoms with van der Waals surface area (Å²) in [5, 5.41) is 3.70. The number of thioether (sulfide) groups is 1. The van der Waals surface area contributed by atoms with Crippen LogP contribution in [-0.2, 0) is 0 Å². The lowest BCUT2D eigenvalue weighted by Gasteiger charge is -2.22. The van der Waals surface area contributed by atoms with Crippen LogP contribution in [0.4, 0.5) is 0 Å². The zero-order valence-corrected chi connectivity index (χ0v) is 12.9. The third-order valence-electron chi connectivity index (χ3n) is 2.68. The van der Waals surface area contributed by atoms with Gasteiger partial charge in [0.05, 0.1) is 5.02 Å². The van der Waals surface area contributed by atoms with E-state index >= 15 is 0 Å². The zero-order valence-electron chi connectivity index (χ0n) is 9.21. The van der Waals surface area contributed by atoms with E-state index in [0.29, 0.717) is 16.6 Å². The van der Waals surface area contributed by atoms with E-state index in [9.17, 15) is 4.79 Å². The number of benzene rings is 1. The van der Waals surface area contributed by atoms with Crippen molar-refractivity contribution in [3.63, 3.8) is 0 Å². The van der Waals surface area contributed by atoms with Gasteiger partial charge in [-0.25, -0.2) is 0 Å². The van der Waals surface area contributed by atoms with Crippen LogP contribution in [0.2, 0.25) is 5.02 Å². The fourth-order valence-electron chi connectivity index (χ4n) is 1.76. The molecular weight excluding hydrogens is 369 g/mol. The van der Waals surface area contributed by atoms with Crippen LogP contribution >= 0.6 is 46.0 Å². The first kappa shape index (κ1) is 13.5. The van der Waals surface area contributed by atoms with Gasteiger partial charge in [0.1, 0.15) is 0 Å². The summed E-state index contributed by atoms with van der Waals surface area (Å²) >= 11 is 10.1. The fraction of sp³-hybridized carbons (Fsp3) is 0.417. The van der Waals surface area contributed by atoms with Gasteiger partial charge in [0.25, 0.3) is 5.91 Å². The molecule has 0 spiro atoms. The molecule has 0 bridgehead atoms. The van der Waals surface area contributed by atoms with Gasteiger partial charge in [-0.05, 0) is 59.4 Å². The minimum Gasteiger partial charge on any atom is -0.348 e. The molecule has 1 amide bonds. The number of hydrogen-bond donors (Lipinski definition) is 1. The SMILES string of the molecule is O=C(NC1CCCSC1)c1ccc(I)c(Cl)c1. The van der Waals surface area contributed by atoms with Crippen molar-refractivity contribution < 1.29 is 4.79 Å². The molecule has 1 unspecified atom stereocenters. The lowest BCUT2D eigenvalue weighted by molar-refractivity contribution is 0.0938. The molecule has 5 heteroatoms. The maximum Gasteiger partial charge on any atom is 0.251 e. The minimum atomic E-state index is -0.0178. The van der Waals surface area contributed by atoms with Gasteiger partial charge in [-0.1, -0.05) is 11.6 Å². The van der Waals surface area contributed by atoms with E-state index in [1.807, 2.05) is 23.9 Å². The number of hydrogen-bond acceptors (Lipinski definition) is 2. The van der Waals surface area contributed by atoms with Crippen LogP contribution < -0.4 is 5.32 Å². The molecule has 17 heavy (non-hydrogen) atoms. The van der Waals surface area contributed by atoms with Crippen molar-refractivity contribution in [3.05, 3.63) is 32.4 Å². The molecule has 1 aliphatic rings. The fourth-order valence-corrected chi connectivity index (χ4v) is 3.35. The van der Waals surface area contributed by atoms with Crippen molar-refractivity contribution in [3.8, 4) is 0 Å². The van der Waals surface area contributed by atoms with Gasteiger partial charge < -0.3 is 5.32 Å². The Morgan fingerprint density at radius 2 is 2.35 bits per heavy atom. The zero-order chi connectivity index (χ0) is 12.3. The molecule has 2 nitrogen and oxygen atoms in total. The molecule has 0 saturated carbocycles. The maximum atomic E-state index is 12.0. The van der Waals surface area contributed by atoms with Crippen LogP contribution in [0.1, 0.15) is 23.2 Å². The van der Waals surface area contributed by atoms with Gasteiger partial charge in [-0.2, -0.15) is 11.8 Å². The quantitative estimate of drug-likeness (QED) is 0.794. The molecule has 0 radical (unpaired) electrons. The minimum absolute atomic E-state index is 0.0178. The number of halogens is 2. The van der Waals surface area contributed by atoms with E-state index in [2.05, 4.69) is 27.9 Å². The van der Waals surface area contributed by atoms with Crippen molar-refractivity contribution in [2.75, 3.05) is 11.5 Å².